The highest BCUT2D eigenvalue weighted by molar-refractivity contribution is 5.35. The molecule has 4 heteroatoms. The van der Waals surface area contributed by atoms with Gasteiger partial charge in [-0.1, -0.05) is 24.3 Å². The third-order valence-corrected chi connectivity index (χ3v) is 2.85. The van der Waals surface area contributed by atoms with Gasteiger partial charge in [0.05, 0.1) is 6.04 Å². The van der Waals surface area contributed by atoms with E-state index in [0.717, 1.165) is 12.1 Å². The molecule has 18 heavy (non-hydrogen) atoms. The van der Waals surface area contributed by atoms with Crippen LogP contribution >= 0.6 is 0 Å². The molecule has 2 aromatic carbocycles. The Hall–Kier alpha value is -1.81. The molecule has 0 aliphatic heterocycles. The van der Waals surface area contributed by atoms with Gasteiger partial charge in [-0.05, 0) is 18.6 Å². The second kappa shape index (κ2) is 4.82. The van der Waals surface area contributed by atoms with E-state index in [-0.39, 0.29) is 11.1 Å². The normalized spacial score (nSPS) is 12.5. The summed E-state index contributed by atoms with van der Waals surface area (Å²) in [4.78, 5) is 0. The molecule has 0 aromatic heterocycles. The van der Waals surface area contributed by atoms with E-state index >= 15 is 0 Å². The van der Waals surface area contributed by atoms with E-state index in [4.69, 9.17) is 5.73 Å². The lowest BCUT2D eigenvalue weighted by atomic mass is 9.97. The lowest BCUT2D eigenvalue weighted by Crippen LogP contribution is -2.16. The summed E-state index contributed by atoms with van der Waals surface area (Å²) in [5.74, 6) is -1.93. The van der Waals surface area contributed by atoms with Crippen molar-refractivity contribution >= 4 is 0 Å². The monoisotopic (exact) mass is 251 g/mol. The molecule has 2 N–H and O–H groups in total. The van der Waals surface area contributed by atoms with E-state index < -0.39 is 23.5 Å². The number of hydrogen-bond acceptors (Lipinski definition) is 1. The Kier molecular flexibility index (Phi) is 3.39. The van der Waals surface area contributed by atoms with Gasteiger partial charge in [-0.2, -0.15) is 0 Å². The smallest absolute Gasteiger partial charge is 0.131 e. The van der Waals surface area contributed by atoms with Crippen molar-refractivity contribution in [3.05, 3.63) is 70.5 Å². The minimum Gasteiger partial charge on any atom is -0.320 e. The highest BCUT2D eigenvalue weighted by Gasteiger charge is 2.18. The first-order valence-corrected chi connectivity index (χ1v) is 5.46. The minimum atomic E-state index is -0.953. The molecule has 0 radical (unpaired) electrons. The molecular weight excluding hydrogens is 239 g/mol. The van der Waals surface area contributed by atoms with Gasteiger partial charge in [0.25, 0.3) is 0 Å². The van der Waals surface area contributed by atoms with Crippen molar-refractivity contribution in [3.63, 3.8) is 0 Å². The van der Waals surface area contributed by atoms with Crippen LogP contribution in [-0.4, -0.2) is 0 Å². The first-order valence-electron chi connectivity index (χ1n) is 5.46. The number of nitrogens with two attached hydrogens (primary N) is 1. The molecule has 2 aromatic rings. The van der Waals surface area contributed by atoms with Gasteiger partial charge in [0, 0.05) is 17.2 Å². The molecule has 0 aliphatic rings. The Morgan fingerprint density at radius 1 is 1.00 bits per heavy atom. The van der Waals surface area contributed by atoms with E-state index in [1.54, 1.807) is 19.1 Å². The largest absolute Gasteiger partial charge is 0.320 e. The van der Waals surface area contributed by atoms with E-state index in [1.807, 2.05) is 0 Å². The van der Waals surface area contributed by atoms with Crippen molar-refractivity contribution < 1.29 is 13.2 Å². The third-order valence-electron chi connectivity index (χ3n) is 2.85. The second-order valence-corrected chi connectivity index (χ2v) is 4.12. The third kappa shape index (κ3) is 2.24. The summed E-state index contributed by atoms with van der Waals surface area (Å²) in [6.07, 6.45) is 0. The fourth-order valence-electron chi connectivity index (χ4n) is 1.83. The minimum absolute atomic E-state index is 0.0703. The van der Waals surface area contributed by atoms with Gasteiger partial charge in [0.2, 0.25) is 0 Å². The van der Waals surface area contributed by atoms with E-state index in [9.17, 15) is 13.2 Å². The average molecular weight is 251 g/mol. The number of hydrogen-bond donors (Lipinski definition) is 1. The molecule has 0 amide bonds. The average Bonchev–Trinajstić information content (AvgIpc) is 2.32. The van der Waals surface area contributed by atoms with Crippen LogP contribution in [0.15, 0.2) is 36.4 Å². The maximum atomic E-state index is 13.9. The summed E-state index contributed by atoms with van der Waals surface area (Å²) in [5.41, 5.74) is 6.54. The summed E-state index contributed by atoms with van der Waals surface area (Å²) in [5, 5.41) is 0. The quantitative estimate of drug-likeness (QED) is 0.869. The molecule has 1 unspecified atom stereocenters. The van der Waals surface area contributed by atoms with Crippen molar-refractivity contribution in [2.24, 2.45) is 5.73 Å². The molecule has 94 valence electrons. The lowest BCUT2D eigenvalue weighted by molar-refractivity contribution is 0.555. The van der Waals surface area contributed by atoms with Crippen LogP contribution in [0.2, 0.25) is 0 Å². The highest BCUT2D eigenvalue weighted by atomic mass is 19.1. The molecule has 0 bridgehead atoms. The van der Waals surface area contributed by atoms with Gasteiger partial charge >= 0.3 is 0 Å². The predicted octanol–water partition coefficient (Wildman–Crippen LogP) is 3.46. The number of rotatable bonds is 2. The zero-order chi connectivity index (χ0) is 13.3. The van der Waals surface area contributed by atoms with Crippen LogP contribution in [0, 0.1) is 24.4 Å². The van der Waals surface area contributed by atoms with Crippen LogP contribution in [0.3, 0.4) is 0 Å². The maximum absolute atomic E-state index is 13.9. The fraction of sp³-hybridized carbons (Fsp3) is 0.143. The lowest BCUT2D eigenvalue weighted by Gasteiger charge is -2.15. The van der Waals surface area contributed by atoms with Gasteiger partial charge in [0.1, 0.15) is 17.5 Å². The standard InChI is InChI=1S/C14H12F3N/c1-8-3-2-4-11(13(8)17)14(18)10-6-5-9(15)7-12(10)16/h2-7,14H,18H2,1H3. The van der Waals surface area contributed by atoms with Crippen molar-refractivity contribution in [3.8, 4) is 0 Å². The number of benzene rings is 2. The summed E-state index contributed by atoms with van der Waals surface area (Å²) in [7, 11) is 0. The molecule has 2 rings (SSSR count). The summed E-state index contributed by atoms with van der Waals surface area (Å²) < 4.78 is 40.3. The summed E-state index contributed by atoms with van der Waals surface area (Å²) in [6.45, 7) is 1.60. The molecule has 0 fully saturated rings. The maximum Gasteiger partial charge on any atom is 0.131 e. The van der Waals surface area contributed by atoms with E-state index in [0.29, 0.717) is 5.56 Å². The first kappa shape index (κ1) is 12.6. The topological polar surface area (TPSA) is 26.0 Å². The van der Waals surface area contributed by atoms with Crippen LogP contribution in [0.4, 0.5) is 13.2 Å². The van der Waals surface area contributed by atoms with Crippen molar-refractivity contribution in [1.82, 2.24) is 0 Å². The van der Waals surface area contributed by atoms with E-state index in [1.165, 1.54) is 12.1 Å². The van der Waals surface area contributed by atoms with Gasteiger partial charge in [-0.25, -0.2) is 13.2 Å². The fourth-order valence-corrected chi connectivity index (χ4v) is 1.83. The second-order valence-electron chi connectivity index (χ2n) is 4.12. The Morgan fingerprint density at radius 3 is 2.39 bits per heavy atom. The highest BCUT2D eigenvalue weighted by Crippen LogP contribution is 2.26. The molecular formula is C14H12F3N. The molecule has 1 nitrogen and oxygen atoms in total. The summed E-state index contributed by atoms with van der Waals surface area (Å²) >= 11 is 0. The summed E-state index contributed by atoms with van der Waals surface area (Å²) in [6, 6.07) is 6.87. The predicted molar refractivity (Wildman–Crippen MR) is 63.5 cm³/mol. The molecule has 0 aliphatic carbocycles. The zero-order valence-corrected chi connectivity index (χ0v) is 9.75. The number of aryl methyl sites for hydroxylation is 1. The Morgan fingerprint density at radius 2 is 1.72 bits per heavy atom. The van der Waals surface area contributed by atoms with Crippen molar-refractivity contribution in [1.29, 1.82) is 0 Å². The Bertz CT molecular complexity index is 581. The van der Waals surface area contributed by atoms with Crippen LogP contribution in [-0.2, 0) is 0 Å². The van der Waals surface area contributed by atoms with Crippen LogP contribution in [0.5, 0.6) is 0 Å². The van der Waals surface area contributed by atoms with Gasteiger partial charge in [0.15, 0.2) is 0 Å². The number of halogens is 3. The molecule has 0 heterocycles. The van der Waals surface area contributed by atoms with E-state index in [2.05, 4.69) is 0 Å². The Balaban J connectivity index is 2.48. The SMILES string of the molecule is Cc1cccc(C(N)c2ccc(F)cc2F)c1F. The Labute approximate surface area is 103 Å². The molecule has 0 spiro atoms. The van der Waals surface area contributed by atoms with Crippen LogP contribution < -0.4 is 5.73 Å². The van der Waals surface area contributed by atoms with Crippen LogP contribution in [0.25, 0.3) is 0 Å². The van der Waals surface area contributed by atoms with Crippen LogP contribution in [0.1, 0.15) is 22.7 Å². The van der Waals surface area contributed by atoms with Crippen molar-refractivity contribution in [2.75, 3.05) is 0 Å². The van der Waals surface area contributed by atoms with Gasteiger partial charge < -0.3 is 5.73 Å². The zero-order valence-electron chi connectivity index (χ0n) is 9.75. The molecule has 1 atom stereocenters. The van der Waals surface area contributed by atoms with Gasteiger partial charge in [-0.3, -0.25) is 0 Å². The first-order chi connectivity index (χ1) is 8.50. The molecule has 0 saturated carbocycles. The molecule has 0 saturated heterocycles. The van der Waals surface area contributed by atoms with Crippen molar-refractivity contribution in [2.45, 2.75) is 13.0 Å². The van der Waals surface area contributed by atoms with Gasteiger partial charge in [-0.15, -0.1) is 0 Å².